The van der Waals surface area contributed by atoms with E-state index in [1.165, 1.54) is 0 Å². The van der Waals surface area contributed by atoms with Gasteiger partial charge in [-0.05, 0) is 12.1 Å². The van der Waals surface area contributed by atoms with E-state index >= 15 is 0 Å². The standard InChI is InChI=1S/C20H2F24S2/c21-13(22,23)3-1-5(9(17(33,34)35)11(19(39,40)41)7(3)15(27,28)29)45-46-6-2-4(14(24,25)26)8(16(30,31)32)12(20(42,43)44)10(6)18(36,37)38/h1-2H. The Hall–Kier alpha value is -2.54. The second-order valence-corrected chi connectivity index (χ2v) is 10.5. The van der Waals surface area contributed by atoms with Crippen LogP contribution in [-0.2, 0) is 49.4 Å². The van der Waals surface area contributed by atoms with E-state index < -0.39 is 137 Å². The van der Waals surface area contributed by atoms with E-state index in [1.54, 1.807) is 0 Å². The van der Waals surface area contributed by atoms with E-state index in [2.05, 4.69) is 0 Å². The van der Waals surface area contributed by atoms with E-state index in [1.807, 2.05) is 0 Å². The van der Waals surface area contributed by atoms with Gasteiger partial charge in [0.1, 0.15) is 0 Å². The van der Waals surface area contributed by atoms with Gasteiger partial charge in [0.25, 0.3) is 0 Å². The number of rotatable bonds is 3. The molecule has 0 spiro atoms. The van der Waals surface area contributed by atoms with Crippen LogP contribution in [0.5, 0.6) is 0 Å². The van der Waals surface area contributed by atoms with Crippen LogP contribution in [0.2, 0.25) is 0 Å². The van der Waals surface area contributed by atoms with Crippen LogP contribution >= 0.6 is 21.6 Å². The molecule has 262 valence electrons. The van der Waals surface area contributed by atoms with E-state index in [0.29, 0.717) is 0 Å². The predicted octanol–water partition coefficient (Wildman–Crippen LogP) is 12.6. The molecule has 0 radical (unpaired) electrons. The van der Waals surface area contributed by atoms with Crippen molar-refractivity contribution in [3.05, 3.63) is 56.6 Å². The molecule has 26 heteroatoms. The second kappa shape index (κ2) is 11.6. The van der Waals surface area contributed by atoms with Crippen molar-refractivity contribution < 1.29 is 105 Å². The van der Waals surface area contributed by atoms with Crippen LogP contribution in [-0.4, -0.2) is 0 Å². The molecule has 0 aliphatic heterocycles. The molecule has 0 unspecified atom stereocenters. The third-order valence-corrected chi connectivity index (χ3v) is 7.53. The van der Waals surface area contributed by atoms with Gasteiger partial charge in [0.2, 0.25) is 0 Å². The van der Waals surface area contributed by atoms with Gasteiger partial charge in [-0.3, -0.25) is 0 Å². The minimum Gasteiger partial charge on any atom is -0.166 e. The fourth-order valence-corrected chi connectivity index (χ4v) is 6.14. The van der Waals surface area contributed by atoms with Crippen molar-refractivity contribution in [2.45, 2.75) is 59.2 Å². The number of halogens is 24. The first kappa shape index (κ1) is 39.6. The molecule has 0 atom stereocenters. The van der Waals surface area contributed by atoms with E-state index in [4.69, 9.17) is 0 Å². The van der Waals surface area contributed by atoms with Crippen LogP contribution in [0, 0.1) is 0 Å². The highest BCUT2D eigenvalue weighted by atomic mass is 33.1. The smallest absolute Gasteiger partial charge is 0.166 e. The molecular weight excluding hydrogens is 760 g/mol. The maximum atomic E-state index is 13.7. The lowest BCUT2D eigenvalue weighted by Crippen LogP contribution is -2.28. The summed E-state index contributed by atoms with van der Waals surface area (Å²) in [6, 6.07) is -2.77. The lowest BCUT2D eigenvalue weighted by molar-refractivity contribution is -0.183. The summed E-state index contributed by atoms with van der Waals surface area (Å²) >= 11 is 0. The maximum absolute atomic E-state index is 13.7. The molecule has 0 saturated carbocycles. The Bertz CT molecular complexity index is 1340. The fraction of sp³-hybridized carbons (Fsp3) is 0.400. The molecule has 0 amide bonds. The van der Waals surface area contributed by atoms with Crippen LogP contribution in [0.1, 0.15) is 44.5 Å². The number of hydrogen-bond donors (Lipinski definition) is 0. The summed E-state index contributed by atoms with van der Waals surface area (Å²) in [4.78, 5) is -5.58. The summed E-state index contributed by atoms with van der Waals surface area (Å²) in [6.45, 7) is 0. The zero-order valence-electron chi connectivity index (χ0n) is 20.0. The molecule has 0 heterocycles. The highest BCUT2D eigenvalue weighted by Crippen LogP contribution is 2.59. The Morgan fingerprint density at radius 2 is 0.457 bits per heavy atom. The van der Waals surface area contributed by atoms with Crippen molar-refractivity contribution in [2.24, 2.45) is 0 Å². The first-order chi connectivity index (χ1) is 19.9. The van der Waals surface area contributed by atoms with Gasteiger partial charge in [-0.15, -0.1) is 0 Å². The molecule has 0 N–H and O–H groups in total. The van der Waals surface area contributed by atoms with E-state index in [9.17, 15) is 105 Å². The van der Waals surface area contributed by atoms with Gasteiger partial charge in [0, 0.05) is 9.79 Å². The van der Waals surface area contributed by atoms with Crippen LogP contribution in [0.3, 0.4) is 0 Å². The molecule has 2 aromatic carbocycles. The lowest BCUT2D eigenvalue weighted by atomic mass is 9.93. The highest BCUT2D eigenvalue weighted by molar-refractivity contribution is 8.76. The average Bonchev–Trinajstić information content (AvgIpc) is 2.75. The number of alkyl halides is 24. The Morgan fingerprint density at radius 3 is 0.609 bits per heavy atom. The largest absolute Gasteiger partial charge is 0.418 e. The molecule has 2 aromatic rings. The zero-order valence-corrected chi connectivity index (χ0v) is 21.7. The molecule has 46 heavy (non-hydrogen) atoms. The van der Waals surface area contributed by atoms with Crippen LogP contribution in [0.15, 0.2) is 21.9 Å². The molecule has 0 aliphatic carbocycles. The summed E-state index contributed by atoms with van der Waals surface area (Å²) in [7, 11) is -3.19. The van der Waals surface area contributed by atoms with Crippen molar-refractivity contribution in [2.75, 3.05) is 0 Å². The Kier molecular flexibility index (Phi) is 9.96. The molecular formula is C20H2F24S2. The van der Waals surface area contributed by atoms with Crippen molar-refractivity contribution >= 4 is 21.6 Å². The molecule has 0 aromatic heterocycles. The minimum atomic E-state index is -7.03. The van der Waals surface area contributed by atoms with E-state index in [-0.39, 0.29) is 0 Å². The Balaban J connectivity index is 3.21. The van der Waals surface area contributed by atoms with Gasteiger partial charge in [0.05, 0.1) is 44.5 Å². The minimum absolute atomic E-state index is 1.38. The van der Waals surface area contributed by atoms with Gasteiger partial charge < -0.3 is 0 Å². The molecule has 0 bridgehead atoms. The van der Waals surface area contributed by atoms with Crippen LogP contribution in [0.4, 0.5) is 105 Å². The predicted molar refractivity (Wildman–Crippen MR) is 105 cm³/mol. The van der Waals surface area contributed by atoms with Gasteiger partial charge in [0.15, 0.2) is 0 Å². The average molecular weight is 762 g/mol. The molecule has 0 fully saturated rings. The van der Waals surface area contributed by atoms with Gasteiger partial charge in [-0.2, -0.15) is 105 Å². The summed E-state index contributed by atoms with van der Waals surface area (Å²) in [6.07, 6.45) is -54.8. The topological polar surface area (TPSA) is 0 Å². The van der Waals surface area contributed by atoms with Gasteiger partial charge in [-0.25, -0.2) is 0 Å². The summed E-state index contributed by atoms with van der Waals surface area (Å²) in [5.74, 6) is 0. The monoisotopic (exact) mass is 762 g/mol. The van der Waals surface area contributed by atoms with Crippen molar-refractivity contribution in [3.8, 4) is 0 Å². The fourth-order valence-electron chi connectivity index (χ4n) is 3.70. The van der Waals surface area contributed by atoms with Crippen molar-refractivity contribution in [3.63, 3.8) is 0 Å². The van der Waals surface area contributed by atoms with Crippen LogP contribution < -0.4 is 0 Å². The molecule has 0 saturated heterocycles. The summed E-state index contributed by atoms with van der Waals surface area (Å²) in [5, 5.41) is 0. The highest BCUT2D eigenvalue weighted by Gasteiger charge is 2.58. The number of benzene rings is 2. The third-order valence-electron chi connectivity index (χ3n) is 5.12. The SMILES string of the molecule is FC(F)(F)c1cc(SSc2cc(C(F)(F)F)c(C(F)(F)F)c(C(F)(F)F)c2C(F)(F)F)c(C(F)(F)F)c(C(F)(F)F)c1C(F)(F)F. The quantitative estimate of drug-likeness (QED) is 0.226. The van der Waals surface area contributed by atoms with Gasteiger partial charge in [-0.1, -0.05) is 21.6 Å². The zero-order chi connectivity index (χ0) is 36.6. The van der Waals surface area contributed by atoms with Gasteiger partial charge >= 0.3 is 49.4 Å². The van der Waals surface area contributed by atoms with E-state index in [0.717, 1.165) is 0 Å². The first-order valence-electron chi connectivity index (χ1n) is 10.3. The summed E-state index contributed by atoms with van der Waals surface area (Å²) < 4.78 is 324. The Labute approximate surface area is 243 Å². The third kappa shape index (κ3) is 8.29. The first-order valence-corrected chi connectivity index (χ1v) is 12.4. The normalized spacial score (nSPS) is 14.7. The maximum Gasteiger partial charge on any atom is 0.418 e. The summed E-state index contributed by atoms with van der Waals surface area (Å²) in [5.41, 5.74) is -31.0. The lowest BCUT2D eigenvalue weighted by Gasteiger charge is -2.27. The second-order valence-electron chi connectivity index (χ2n) is 8.24. The Morgan fingerprint density at radius 1 is 0.261 bits per heavy atom. The van der Waals surface area contributed by atoms with Crippen molar-refractivity contribution in [1.82, 2.24) is 0 Å². The molecule has 0 aliphatic rings. The molecule has 0 nitrogen and oxygen atoms in total. The van der Waals surface area contributed by atoms with Crippen molar-refractivity contribution in [1.29, 1.82) is 0 Å². The van der Waals surface area contributed by atoms with Crippen LogP contribution in [0.25, 0.3) is 0 Å². The molecule has 2 rings (SSSR count). The number of hydrogen-bond acceptors (Lipinski definition) is 2.